The predicted octanol–water partition coefficient (Wildman–Crippen LogP) is 2.13. The lowest BCUT2D eigenvalue weighted by atomic mass is 10.0. The molecule has 0 saturated carbocycles. The molecular weight excluding hydrogens is 200 g/mol. The SMILES string of the molecule is COc1ccc(CCCN)c2cnccc12. The average Bonchev–Trinajstić information content (AvgIpc) is 2.36. The minimum atomic E-state index is 0.716. The Kier molecular flexibility index (Phi) is 3.37. The first-order valence-electron chi connectivity index (χ1n) is 5.46. The van der Waals surface area contributed by atoms with Gasteiger partial charge in [0, 0.05) is 23.2 Å². The molecule has 0 aliphatic heterocycles. The minimum absolute atomic E-state index is 0.716. The molecule has 0 spiro atoms. The highest BCUT2D eigenvalue weighted by atomic mass is 16.5. The summed E-state index contributed by atoms with van der Waals surface area (Å²) >= 11 is 0. The molecule has 0 saturated heterocycles. The summed E-state index contributed by atoms with van der Waals surface area (Å²) in [5, 5.41) is 2.28. The Morgan fingerprint density at radius 1 is 1.25 bits per heavy atom. The van der Waals surface area contributed by atoms with Gasteiger partial charge in [0.2, 0.25) is 0 Å². The molecule has 84 valence electrons. The number of hydrogen-bond acceptors (Lipinski definition) is 3. The van der Waals surface area contributed by atoms with E-state index < -0.39 is 0 Å². The number of ether oxygens (including phenoxy) is 1. The fraction of sp³-hybridized carbons (Fsp3) is 0.308. The van der Waals surface area contributed by atoms with E-state index in [9.17, 15) is 0 Å². The van der Waals surface area contributed by atoms with Crippen LogP contribution in [0.3, 0.4) is 0 Å². The van der Waals surface area contributed by atoms with Crippen molar-refractivity contribution in [3.63, 3.8) is 0 Å². The van der Waals surface area contributed by atoms with Gasteiger partial charge in [-0.25, -0.2) is 0 Å². The van der Waals surface area contributed by atoms with Gasteiger partial charge in [0.25, 0.3) is 0 Å². The molecule has 0 aliphatic carbocycles. The Bertz CT molecular complexity index is 482. The molecule has 2 aromatic rings. The number of aryl methyl sites for hydroxylation is 1. The maximum atomic E-state index is 5.54. The zero-order chi connectivity index (χ0) is 11.4. The summed E-state index contributed by atoms with van der Waals surface area (Å²) in [6, 6.07) is 6.09. The maximum Gasteiger partial charge on any atom is 0.126 e. The molecular formula is C13H16N2O. The van der Waals surface area contributed by atoms with Crippen LogP contribution in [0.4, 0.5) is 0 Å². The summed E-state index contributed by atoms with van der Waals surface area (Å²) in [5.41, 5.74) is 6.82. The van der Waals surface area contributed by atoms with Gasteiger partial charge < -0.3 is 10.5 Å². The lowest BCUT2D eigenvalue weighted by Gasteiger charge is -2.09. The number of fused-ring (bicyclic) bond motifs is 1. The van der Waals surface area contributed by atoms with Crippen LogP contribution in [0, 0.1) is 0 Å². The van der Waals surface area contributed by atoms with Gasteiger partial charge in [-0.1, -0.05) is 6.07 Å². The number of benzene rings is 1. The molecule has 2 N–H and O–H groups in total. The predicted molar refractivity (Wildman–Crippen MR) is 65.7 cm³/mol. The lowest BCUT2D eigenvalue weighted by Crippen LogP contribution is -2.01. The van der Waals surface area contributed by atoms with E-state index in [-0.39, 0.29) is 0 Å². The number of nitrogens with zero attached hydrogens (tertiary/aromatic N) is 1. The third-order valence-corrected chi connectivity index (χ3v) is 2.74. The van der Waals surface area contributed by atoms with Gasteiger partial charge in [-0.3, -0.25) is 4.98 Å². The molecule has 3 nitrogen and oxygen atoms in total. The molecule has 0 atom stereocenters. The van der Waals surface area contributed by atoms with E-state index in [1.54, 1.807) is 13.3 Å². The highest BCUT2D eigenvalue weighted by molar-refractivity contribution is 5.90. The Balaban J connectivity index is 2.51. The summed E-state index contributed by atoms with van der Waals surface area (Å²) in [6.07, 6.45) is 5.67. The molecule has 0 unspecified atom stereocenters. The van der Waals surface area contributed by atoms with E-state index in [0.29, 0.717) is 6.54 Å². The van der Waals surface area contributed by atoms with Gasteiger partial charge in [-0.2, -0.15) is 0 Å². The Morgan fingerprint density at radius 3 is 2.88 bits per heavy atom. The van der Waals surface area contributed by atoms with Crippen LogP contribution in [-0.2, 0) is 6.42 Å². The molecule has 1 heterocycles. The number of hydrogen-bond donors (Lipinski definition) is 1. The molecule has 0 amide bonds. The standard InChI is InChI=1S/C13H16N2O/c1-16-13-5-4-10(3-2-7-14)12-9-15-8-6-11(12)13/h4-6,8-9H,2-3,7,14H2,1H3. The van der Waals surface area contributed by atoms with E-state index in [1.807, 2.05) is 18.3 Å². The smallest absolute Gasteiger partial charge is 0.126 e. The van der Waals surface area contributed by atoms with Crippen LogP contribution in [0.25, 0.3) is 10.8 Å². The monoisotopic (exact) mass is 216 g/mol. The molecule has 16 heavy (non-hydrogen) atoms. The van der Waals surface area contributed by atoms with Crippen LogP contribution >= 0.6 is 0 Å². The lowest BCUT2D eigenvalue weighted by molar-refractivity contribution is 0.419. The number of nitrogens with two attached hydrogens (primary N) is 1. The van der Waals surface area contributed by atoms with Crippen molar-refractivity contribution in [1.82, 2.24) is 4.98 Å². The van der Waals surface area contributed by atoms with Crippen LogP contribution in [0.1, 0.15) is 12.0 Å². The van der Waals surface area contributed by atoms with Gasteiger partial charge in [0.05, 0.1) is 7.11 Å². The largest absolute Gasteiger partial charge is 0.496 e. The highest BCUT2D eigenvalue weighted by Gasteiger charge is 2.05. The van der Waals surface area contributed by atoms with Gasteiger partial charge in [-0.05, 0) is 37.1 Å². The molecule has 0 bridgehead atoms. The first-order chi connectivity index (χ1) is 7.86. The fourth-order valence-corrected chi connectivity index (χ4v) is 1.91. The van der Waals surface area contributed by atoms with Crippen LogP contribution < -0.4 is 10.5 Å². The summed E-state index contributed by atoms with van der Waals surface area (Å²) in [4.78, 5) is 4.17. The van der Waals surface area contributed by atoms with Crippen LogP contribution in [0.2, 0.25) is 0 Å². The van der Waals surface area contributed by atoms with Gasteiger partial charge in [0.15, 0.2) is 0 Å². The van der Waals surface area contributed by atoms with E-state index in [2.05, 4.69) is 11.1 Å². The molecule has 1 aromatic heterocycles. The van der Waals surface area contributed by atoms with Gasteiger partial charge in [-0.15, -0.1) is 0 Å². The van der Waals surface area contributed by atoms with Gasteiger partial charge >= 0.3 is 0 Å². The van der Waals surface area contributed by atoms with E-state index in [1.165, 1.54) is 5.56 Å². The fourth-order valence-electron chi connectivity index (χ4n) is 1.91. The van der Waals surface area contributed by atoms with Crippen LogP contribution in [0.5, 0.6) is 5.75 Å². The second kappa shape index (κ2) is 4.94. The second-order valence-electron chi connectivity index (χ2n) is 3.74. The van der Waals surface area contributed by atoms with Crippen molar-refractivity contribution in [2.24, 2.45) is 5.73 Å². The van der Waals surface area contributed by atoms with E-state index in [4.69, 9.17) is 10.5 Å². The van der Waals surface area contributed by atoms with Crippen molar-refractivity contribution in [2.75, 3.05) is 13.7 Å². The van der Waals surface area contributed by atoms with Gasteiger partial charge in [0.1, 0.15) is 5.75 Å². The second-order valence-corrected chi connectivity index (χ2v) is 3.74. The molecule has 2 rings (SSSR count). The van der Waals surface area contributed by atoms with Crippen LogP contribution in [-0.4, -0.2) is 18.6 Å². The summed E-state index contributed by atoms with van der Waals surface area (Å²) in [5.74, 6) is 0.897. The first-order valence-corrected chi connectivity index (χ1v) is 5.46. The normalized spacial score (nSPS) is 10.6. The van der Waals surface area contributed by atoms with Crippen molar-refractivity contribution < 1.29 is 4.74 Å². The summed E-state index contributed by atoms with van der Waals surface area (Å²) < 4.78 is 5.33. The van der Waals surface area contributed by atoms with Crippen molar-refractivity contribution in [3.8, 4) is 5.75 Å². The number of rotatable bonds is 4. The Morgan fingerprint density at radius 2 is 2.12 bits per heavy atom. The molecule has 3 heteroatoms. The quantitative estimate of drug-likeness (QED) is 0.851. The average molecular weight is 216 g/mol. The zero-order valence-electron chi connectivity index (χ0n) is 9.44. The highest BCUT2D eigenvalue weighted by Crippen LogP contribution is 2.28. The third-order valence-electron chi connectivity index (χ3n) is 2.74. The third kappa shape index (κ3) is 1.99. The van der Waals surface area contributed by atoms with Crippen molar-refractivity contribution >= 4 is 10.8 Å². The number of aromatic nitrogens is 1. The van der Waals surface area contributed by atoms with Crippen LogP contribution in [0.15, 0.2) is 30.6 Å². The number of methoxy groups -OCH3 is 1. The first kappa shape index (κ1) is 10.9. The Hall–Kier alpha value is -1.61. The topological polar surface area (TPSA) is 48.1 Å². The van der Waals surface area contributed by atoms with E-state index >= 15 is 0 Å². The van der Waals surface area contributed by atoms with Crippen molar-refractivity contribution in [1.29, 1.82) is 0 Å². The summed E-state index contributed by atoms with van der Waals surface area (Å²) in [6.45, 7) is 0.716. The zero-order valence-corrected chi connectivity index (χ0v) is 9.44. The minimum Gasteiger partial charge on any atom is -0.496 e. The molecule has 0 fully saturated rings. The maximum absolute atomic E-state index is 5.54. The van der Waals surface area contributed by atoms with Crippen molar-refractivity contribution in [2.45, 2.75) is 12.8 Å². The molecule has 0 radical (unpaired) electrons. The summed E-state index contributed by atoms with van der Waals surface area (Å²) in [7, 11) is 1.69. The molecule has 1 aromatic carbocycles. The van der Waals surface area contributed by atoms with E-state index in [0.717, 1.165) is 29.4 Å². The van der Waals surface area contributed by atoms with Crippen molar-refractivity contribution in [3.05, 3.63) is 36.2 Å². The molecule has 0 aliphatic rings. The number of pyridine rings is 1. The Labute approximate surface area is 95.2 Å².